The van der Waals surface area contributed by atoms with Crippen LogP contribution in [-0.2, 0) is 11.2 Å². The Morgan fingerprint density at radius 1 is 1.14 bits per heavy atom. The van der Waals surface area contributed by atoms with Crippen molar-refractivity contribution in [3.63, 3.8) is 0 Å². The summed E-state index contributed by atoms with van der Waals surface area (Å²) in [4.78, 5) is 22.2. The fraction of sp³-hybridized carbons (Fsp3) is 0.500. The molecule has 21 heavy (non-hydrogen) atoms. The highest BCUT2D eigenvalue weighted by Crippen LogP contribution is 2.11. The van der Waals surface area contributed by atoms with Gasteiger partial charge in [-0.05, 0) is 30.0 Å². The predicted molar refractivity (Wildman–Crippen MR) is 83.5 cm³/mol. The van der Waals surface area contributed by atoms with Crippen LogP contribution < -0.4 is 10.6 Å². The lowest BCUT2D eigenvalue weighted by Gasteiger charge is -2.14. The zero-order valence-corrected chi connectivity index (χ0v) is 12.7. The van der Waals surface area contributed by atoms with E-state index in [2.05, 4.69) is 24.5 Å². The number of carboxylic acids is 1. The number of nitrogens with one attached hydrogen (secondary N) is 2. The summed E-state index contributed by atoms with van der Waals surface area (Å²) in [6.07, 6.45) is 2.71. The van der Waals surface area contributed by atoms with E-state index in [1.807, 2.05) is 12.1 Å². The van der Waals surface area contributed by atoms with Crippen LogP contribution in [-0.4, -0.2) is 23.7 Å². The number of urea groups is 1. The van der Waals surface area contributed by atoms with E-state index in [4.69, 9.17) is 5.11 Å². The van der Waals surface area contributed by atoms with Crippen LogP contribution in [0.4, 0.5) is 10.5 Å². The Kier molecular flexibility index (Phi) is 7.29. The first kappa shape index (κ1) is 17.0. The van der Waals surface area contributed by atoms with Crippen LogP contribution in [0.2, 0.25) is 0 Å². The van der Waals surface area contributed by atoms with E-state index < -0.39 is 5.97 Å². The first-order chi connectivity index (χ1) is 10.0. The van der Waals surface area contributed by atoms with Crippen molar-refractivity contribution in [3.8, 4) is 0 Å². The van der Waals surface area contributed by atoms with E-state index >= 15 is 0 Å². The molecule has 0 bridgehead atoms. The largest absolute Gasteiger partial charge is 0.481 e. The van der Waals surface area contributed by atoms with Crippen molar-refractivity contribution in [1.29, 1.82) is 0 Å². The van der Waals surface area contributed by atoms with Gasteiger partial charge in [-0.2, -0.15) is 0 Å². The van der Waals surface area contributed by atoms with Crippen molar-refractivity contribution in [2.75, 3.05) is 11.9 Å². The maximum Gasteiger partial charge on any atom is 0.319 e. The van der Waals surface area contributed by atoms with Gasteiger partial charge < -0.3 is 15.7 Å². The molecule has 5 nitrogen and oxygen atoms in total. The number of aryl methyl sites for hydroxylation is 1. The number of carboxylic acid groups (broad SMARTS) is 1. The summed E-state index contributed by atoms with van der Waals surface area (Å²) in [7, 11) is 0. The molecule has 1 rings (SSSR count). The second-order valence-electron chi connectivity index (χ2n) is 5.11. The number of anilines is 1. The highest BCUT2D eigenvalue weighted by Gasteiger charge is 2.06. The standard InChI is InChI=1S/C16H24N2O3/c1-3-12(4-2)11-17-16(21)18-14-8-5-13(6-9-14)7-10-15(19)20/h5-6,8-9,12H,3-4,7,10-11H2,1-2H3,(H,19,20)(H2,17,18,21). The van der Waals surface area contributed by atoms with E-state index in [9.17, 15) is 9.59 Å². The predicted octanol–water partition coefficient (Wildman–Crippen LogP) is 3.26. The maximum absolute atomic E-state index is 11.7. The second-order valence-corrected chi connectivity index (χ2v) is 5.11. The molecule has 1 aromatic carbocycles. The summed E-state index contributed by atoms with van der Waals surface area (Å²) in [5, 5.41) is 14.3. The molecule has 1 aromatic rings. The average Bonchev–Trinajstić information content (AvgIpc) is 2.47. The Labute approximate surface area is 125 Å². The van der Waals surface area contributed by atoms with Crippen molar-refractivity contribution < 1.29 is 14.7 Å². The van der Waals surface area contributed by atoms with Crippen molar-refractivity contribution in [2.24, 2.45) is 5.92 Å². The molecule has 0 saturated carbocycles. The molecule has 116 valence electrons. The lowest BCUT2D eigenvalue weighted by molar-refractivity contribution is -0.136. The summed E-state index contributed by atoms with van der Waals surface area (Å²) >= 11 is 0. The number of hydrogen-bond acceptors (Lipinski definition) is 2. The van der Waals surface area contributed by atoms with Crippen molar-refractivity contribution in [3.05, 3.63) is 29.8 Å². The van der Waals surface area contributed by atoms with E-state index in [1.54, 1.807) is 12.1 Å². The first-order valence-corrected chi connectivity index (χ1v) is 7.40. The van der Waals surface area contributed by atoms with Gasteiger partial charge in [-0.25, -0.2) is 4.79 Å². The van der Waals surface area contributed by atoms with Gasteiger partial charge in [0.15, 0.2) is 0 Å². The topological polar surface area (TPSA) is 78.4 Å². The molecule has 0 aliphatic rings. The minimum atomic E-state index is -0.807. The SMILES string of the molecule is CCC(CC)CNC(=O)Nc1ccc(CCC(=O)O)cc1. The number of carbonyl (C=O) groups is 2. The van der Waals surface area contributed by atoms with Crippen LogP contribution in [0.1, 0.15) is 38.7 Å². The lowest BCUT2D eigenvalue weighted by atomic mass is 10.0. The molecule has 0 radical (unpaired) electrons. The number of benzene rings is 1. The fourth-order valence-corrected chi connectivity index (χ4v) is 2.00. The molecule has 0 aliphatic carbocycles. The monoisotopic (exact) mass is 292 g/mol. The summed E-state index contributed by atoms with van der Waals surface area (Å²) < 4.78 is 0. The summed E-state index contributed by atoms with van der Waals surface area (Å²) in [5.74, 6) is -0.299. The minimum absolute atomic E-state index is 0.114. The zero-order valence-electron chi connectivity index (χ0n) is 12.7. The number of rotatable bonds is 8. The molecule has 0 saturated heterocycles. The maximum atomic E-state index is 11.7. The minimum Gasteiger partial charge on any atom is -0.481 e. The molecule has 0 spiro atoms. The number of carbonyl (C=O) groups excluding carboxylic acids is 1. The molecule has 5 heteroatoms. The van der Waals surface area contributed by atoms with Gasteiger partial charge in [-0.15, -0.1) is 0 Å². The average molecular weight is 292 g/mol. The van der Waals surface area contributed by atoms with Crippen molar-refractivity contribution >= 4 is 17.7 Å². The van der Waals surface area contributed by atoms with E-state index in [-0.39, 0.29) is 12.5 Å². The van der Waals surface area contributed by atoms with Crippen LogP contribution in [0.3, 0.4) is 0 Å². The fourth-order valence-electron chi connectivity index (χ4n) is 2.00. The Morgan fingerprint density at radius 2 is 1.76 bits per heavy atom. The smallest absolute Gasteiger partial charge is 0.319 e. The molecule has 0 unspecified atom stereocenters. The molecule has 0 heterocycles. The molecule has 2 amide bonds. The lowest BCUT2D eigenvalue weighted by Crippen LogP contribution is -2.32. The summed E-state index contributed by atoms with van der Waals surface area (Å²) in [6.45, 7) is 4.91. The van der Waals surface area contributed by atoms with Gasteiger partial charge in [0.2, 0.25) is 0 Å². The normalized spacial score (nSPS) is 10.4. The van der Waals surface area contributed by atoms with E-state index in [1.165, 1.54) is 0 Å². The molecule has 0 aromatic heterocycles. The van der Waals surface area contributed by atoms with Gasteiger partial charge >= 0.3 is 12.0 Å². The molecule has 0 aliphatic heterocycles. The van der Waals surface area contributed by atoms with Crippen LogP contribution in [0.5, 0.6) is 0 Å². The van der Waals surface area contributed by atoms with Gasteiger partial charge in [0.1, 0.15) is 0 Å². The van der Waals surface area contributed by atoms with E-state index in [0.29, 0.717) is 24.6 Å². The molecular formula is C16H24N2O3. The van der Waals surface area contributed by atoms with Gasteiger partial charge in [0.25, 0.3) is 0 Å². The van der Waals surface area contributed by atoms with Crippen LogP contribution in [0, 0.1) is 5.92 Å². The van der Waals surface area contributed by atoms with Crippen molar-refractivity contribution in [1.82, 2.24) is 5.32 Å². The molecule has 3 N–H and O–H groups in total. The first-order valence-electron chi connectivity index (χ1n) is 7.40. The highest BCUT2D eigenvalue weighted by atomic mass is 16.4. The number of hydrogen-bond donors (Lipinski definition) is 3. The summed E-state index contributed by atoms with van der Waals surface area (Å²) in [5.41, 5.74) is 1.65. The third kappa shape index (κ3) is 6.79. The Hall–Kier alpha value is -2.04. The number of aliphatic carboxylic acids is 1. The van der Waals surface area contributed by atoms with E-state index in [0.717, 1.165) is 18.4 Å². The van der Waals surface area contributed by atoms with Gasteiger partial charge in [0.05, 0.1) is 0 Å². The second kappa shape index (κ2) is 9.00. The number of amides is 2. The quantitative estimate of drug-likeness (QED) is 0.688. The molecular weight excluding hydrogens is 268 g/mol. The third-order valence-corrected chi connectivity index (χ3v) is 3.55. The third-order valence-electron chi connectivity index (χ3n) is 3.55. The van der Waals surface area contributed by atoms with Crippen LogP contribution >= 0.6 is 0 Å². The van der Waals surface area contributed by atoms with Gasteiger partial charge in [-0.1, -0.05) is 38.8 Å². The highest BCUT2D eigenvalue weighted by molar-refractivity contribution is 5.89. The van der Waals surface area contributed by atoms with Gasteiger partial charge in [0, 0.05) is 18.7 Å². The van der Waals surface area contributed by atoms with Gasteiger partial charge in [-0.3, -0.25) is 4.79 Å². The van der Waals surface area contributed by atoms with Crippen LogP contribution in [0.25, 0.3) is 0 Å². The zero-order chi connectivity index (χ0) is 15.7. The molecule has 0 fully saturated rings. The van der Waals surface area contributed by atoms with Crippen molar-refractivity contribution in [2.45, 2.75) is 39.5 Å². The molecule has 0 atom stereocenters. The Morgan fingerprint density at radius 3 is 2.29 bits per heavy atom. The summed E-state index contributed by atoms with van der Waals surface area (Å²) in [6, 6.07) is 7.03. The Bertz CT molecular complexity index is 453. The Balaban J connectivity index is 2.40. The van der Waals surface area contributed by atoms with Crippen LogP contribution in [0.15, 0.2) is 24.3 Å².